The van der Waals surface area contributed by atoms with Gasteiger partial charge in [-0.3, -0.25) is 19.9 Å². The number of rotatable bonds is 4. The Morgan fingerprint density at radius 3 is 0.809 bits per heavy atom. The van der Waals surface area contributed by atoms with Crippen molar-refractivity contribution >= 4 is 22.7 Å². The van der Waals surface area contributed by atoms with Crippen molar-refractivity contribution in [2.45, 2.75) is 0 Å². The molecule has 251 valence electrons. The van der Waals surface area contributed by atoms with Crippen LogP contribution < -0.4 is 10.2 Å². The third-order valence-corrected chi connectivity index (χ3v) is 5.70. The van der Waals surface area contributed by atoms with E-state index in [1.165, 1.54) is 58.7 Å². The Balaban J connectivity index is -0.000000278. The SMILES string of the molecule is O.O.O=C([O-])c1ccc2cc(C(=O)[O-])ccc2c1.[Co+2].[OH3+].[OH3+].[OH3+].[OH3+].c1cc(-c2ccncc2)ccn1.c1cc(-c2ccncc2)ccn1. The van der Waals surface area contributed by atoms with E-state index in [9.17, 15) is 19.8 Å². The van der Waals surface area contributed by atoms with E-state index in [1.54, 1.807) is 49.6 Å². The number of carbonyl (C=O) groups excluding carboxylic acids is 2. The quantitative estimate of drug-likeness (QED) is 0.195. The summed E-state index contributed by atoms with van der Waals surface area (Å²) in [6.07, 6.45) is 14.3. The van der Waals surface area contributed by atoms with Crippen molar-refractivity contribution < 1.29 is 69.4 Å². The van der Waals surface area contributed by atoms with Crippen LogP contribution >= 0.6 is 0 Å². The molecular formula is C32H38CoN4O10+4. The van der Waals surface area contributed by atoms with Gasteiger partial charge in [-0.15, -0.1) is 0 Å². The van der Waals surface area contributed by atoms with Crippen LogP contribution in [0.15, 0.2) is 135 Å². The van der Waals surface area contributed by atoms with E-state index in [0.717, 1.165) is 0 Å². The van der Waals surface area contributed by atoms with E-state index in [2.05, 4.69) is 19.9 Å². The van der Waals surface area contributed by atoms with Gasteiger partial charge in [-0.2, -0.15) is 0 Å². The van der Waals surface area contributed by atoms with E-state index < -0.39 is 11.9 Å². The number of pyridine rings is 4. The zero-order chi connectivity index (χ0) is 28.2. The third-order valence-electron chi connectivity index (χ3n) is 5.70. The first kappa shape index (κ1) is 48.4. The van der Waals surface area contributed by atoms with Gasteiger partial charge < -0.3 is 52.7 Å². The standard InChI is InChI=1S/C12H8O4.2C10H8N2.Co.6H2O/c13-11(14)9-3-1-7-5-10(12(15)16)4-2-8(7)6-9;2*1-5-11-6-2-9(1)10-3-7-12-8-4-10;;;;;;;/h1-6H,(H,13,14)(H,15,16);2*1-8H;;6*1H2/q;;;+2;;;;;;/p+2. The van der Waals surface area contributed by atoms with Gasteiger partial charge in [0.05, 0.1) is 11.9 Å². The number of aromatic carboxylic acids is 2. The number of benzene rings is 2. The fourth-order valence-corrected chi connectivity index (χ4v) is 3.68. The first-order chi connectivity index (χ1) is 19.5. The zero-order valence-corrected chi connectivity index (χ0v) is 25.8. The molecule has 0 fully saturated rings. The molecule has 0 aliphatic heterocycles. The minimum atomic E-state index is -1.26. The molecule has 14 nitrogen and oxygen atoms in total. The molecule has 0 aliphatic carbocycles. The molecule has 1 radical (unpaired) electrons. The molecule has 47 heavy (non-hydrogen) atoms. The second-order valence-electron chi connectivity index (χ2n) is 8.30. The fourth-order valence-electron chi connectivity index (χ4n) is 3.68. The molecule has 4 heterocycles. The largest absolute Gasteiger partial charge is 2.00 e. The Labute approximate surface area is 279 Å². The molecule has 4 aromatic heterocycles. The number of carboxylic acids is 2. The minimum Gasteiger partial charge on any atom is -0.545 e. The Kier molecular flexibility index (Phi) is 25.5. The van der Waals surface area contributed by atoms with Crippen molar-refractivity contribution in [1.82, 2.24) is 19.9 Å². The summed E-state index contributed by atoms with van der Waals surface area (Å²) >= 11 is 0. The van der Waals surface area contributed by atoms with E-state index in [1.807, 2.05) is 48.5 Å². The Morgan fingerprint density at radius 2 is 0.617 bits per heavy atom. The maximum absolute atomic E-state index is 10.6. The summed E-state index contributed by atoms with van der Waals surface area (Å²) in [4.78, 5) is 37.0. The van der Waals surface area contributed by atoms with Gasteiger partial charge >= 0.3 is 16.8 Å². The molecular weight excluding hydrogens is 659 g/mol. The van der Waals surface area contributed by atoms with Crippen LogP contribution in [-0.2, 0) is 38.7 Å². The van der Waals surface area contributed by atoms with E-state index in [4.69, 9.17) is 0 Å². The number of carbonyl (C=O) groups is 2. The summed E-state index contributed by atoms with van der Waals surface area (Å²) in [5.41, 5.74) is 4.82. The summed E-state index contributed by atoms with van der Waals surface area (Å²) in [5, 5.41) is 22.5. The predicted octanol–water partition coefficient (Wildman–Crippen LogP) is -1.49. The van der Waals surface area contributed by atoms with Crippen molar-refractivity contribution in [3.63, 3.8) is 0 Å². The van der Waals surface area contributed by atoms with Crippen molar-refractivity contribution in [1.29, 1.82) is 0 Å². The monoisotopic (exact) mass is 697 g/mol. The molecule has 0 aliphatic rings. The molecule has 0 bridgehead atoms. The van der Waals surface area contributed by atoms with Crippen molar-refractivity contribution in [3.05, 3.63) is 146 Å². The molecule has 6 aromatic rings. The molecule has 2 aromatic carbocycles. The normalized spacial score (nSPS) is 8.43. The van der Waals surface area contributed by atoms with Crippen LogP contribution in [0.3, 0.4) is 0 Å². The number of nitrogens with zero attached hydrogens (tertiary/aromatic N) is 4. The minimum absolute atomic E-state index is 0. The van der Waals surface area contributed by atoms with E-state index >= 15 is 0 Å². The number of fused-ring (bicyclic) bond motifs is 1. The fraction of sp³-hybridized carbons (Fsp3) is 0. The van der Waals surface area contributed by atoms with E-state index in [-0.39, 0.29) is 60.8 Å². The predicted molar refractivity (Wildman–Crippen MR) is 174 cm³/mol. The van der Waals surface area contributed by atoms with Crippen molar-refractivity contribution in [2.24, 2.45) is 0 Å². The molecule has 0 amide bonds. The van der Waals surface area contributed by atoms with Crippen LogP contribution in [0.5, 0.6) is 0 Å². The molecule has 6 rings (SSSR count). The Morgan fingerprint density at radius 1 is 0.404 bits per heavy atom. The van der Waals surface area contributed by atoms with Crippen LogP contribution in [0.2, 0.25) is 0 Å². The molecule has 0 atom stereocenters. The number of aromatic nitrogens is 4. The number of carboxylic acid groups (broad SMARTS) is 2. The van der Waals surface area contributed by atoms with Gasteiger partial charge in [0, 0.05) is 49.6 Å². The topological polar surface area (TPSA) is 327 Å². The summed E-state index contributed by atoms with van der Waals surface area (Å²) < 4.78 is 0. The number of hydrogen-bond donors (Lipinski definition) is 0. The smallest absolute Gasteiger partial charge is 0.545 e. The molecule has 15 heteroatoms. The van der Waals surface area contributed by atoms with Gasteiger partial charge in [0.15, 0.2) is 0 Å². The van der Waals surface area contributed by atoms with Gasteiger partial charge in [0.2, 0.25) is 0 Å². The third kappa shape index (κ3) is 14.4. The maximum Gasteiger partial charge on any atom is 2.00 e. The van der Waals surface area contributed by atoms with Crippen molar-refractivity contribution in [3.8, 4) is 22.3 Å². The number of hydrogen-bond acceptors (Lipinski definition) is 8. The molecule has 0 saturated heterocycles. The van der Waals surface area contributed by atoms with Crippen molar-refractivity contribution in [2.75, 3.05) is 0 Å². The molecule has 0 spiro atoms. The van der Waals surface area contributed by atoms with Crippen LogP contribution in [0.25, 0.3) is 33.0 Å². The first-order valence-corrected chi connectivity index (χ1v) is 12.1. The first-order valence-electron chi connectivity index (χ1n) is 12.1. The van der Waals surface area contributed by atoms with Crippen LogP contribution in [0.4, 0.5) is 0 Å². The maximum atomic E-state index is 10.6. The van der Waals surface area contributed by atoms with Gasteiger partial charge in [-0.1, -0.05) is 24.3 Å². The molecule has 0 saturated carbocycles. The van der Waals surface area contributed by atoms with Crippen LogP contribution in [0.1, 0.15) is 20.7 Å². The van der Waals surface area contributed by atoms with Gasteiger partial charge in [0.1, 0.15) is 0 Å². The van der Waals surface area contributed by atoms with Gasteiger partial charge in [0.25, 0.3) is 0 Å². The van der Waals surface area contributed by atoms with E-state index in [0.29, 0.717) is 10.8 Å². The molecule has 16 N–H and O–H groups in total. The van der Waals surface area contributed by atoms with Gasteiger partial charge in [-0.05, 0) is 105 Å². The Hall–Kier alpha value is -5.49. The molecule has 0 unspecified atom stereocenters. The zero-order valence-electron chi connectivity index (χ0n) is 24.8. The summed E-state index contributed by atoms with van der Waals surface area (Å²) in [5.74, 6) is -2.52. The second kappa shape index (κ2) is 24.8. The van der Waals surface area contributed by atoms with Gasteiger partial charge in [-0.25, -0.2) is 0 Å². The Bertz CT molecular complexity index is 1500. The van der Waals surface area contributed by atoms with Crippen LogP contribution in [0, 0.1) is 0 Å². The average molecular weight is 698 g/mol. The summed E-state index contributed by atoms with van der Waals surface area (Å²) in [6, 6.07) is 24.5. The second-order valence-corrected chi connectivity index (χ2v) is 8.30. The van der Waals surface area contributed by atoms with Crippen LogP contribution in [-0.4, -0.2) is 42.8 Å². The summed E-state index contributed by atoms with van der Waals surface area (Å²) in [6.45, 7) is 0. The average Bonchev–Trinajstić information content (AvgIpc) is 3.03. The summed E-state index contributed by atoms with van der Waals surface area (Å²) in [7, 11) is 0.